The Balaban J connectivity index is 2.95. The highest BCUT2D eigenvalue weighted by molar-refractivity contribution is 4.99. The second-order valence-corrected chi connectivity index (χ2v) is 5.48. The van der Waals surface area contributed by atoms with Crippen LogP contribution in [0.4, 0.5) is 0 Å². The largest absolute Gasteiger partial charge is 0.0620 e. The Bertz CT molecular complexity index is 135. The third kappa shape index (κ3) is 1.02. The minimum atomic E-state index is 0.520. The lowest BCUT2D eigenvalue weighted by molar-refractivity contribution is 0.0887. The molecule has 0 unspecified atom stereocenters. The molecule has 0 aromatic carbocycles. The minimum absolute atomic E-state index is 0.520. The van der Waals surface area contributed by atoms with E-state index in [1.807, 2.05) is 0 Å². The van der Waals surface area contributed by atoms with Crippen LogP contribution in [0.25, 0.3) is 0 Å². The highest BCUT2D eigenvalue weighted by Gasteiger charge is 2.50. The Labute approximate surface area is 71.4 Å². The summed E-state index contributed by atoms with van der Waals surface area (Å²) in [7, 11) is 0. The SMILES string of the molecule is C[C@@H]1C[C@H](C)C(C)(C)C1(C)C. The Hall–Kier alpha value is 0. The second-order valence-electron chi connectivity index (χ2n) is 5.48. The molecule has 0 aromatic heterocycles. The molecule has 0 heteroatoms. The van der Waals surface area contributed by atoms with Crippen LogP contribution >= 0.6 is 0 Å². The fourth-order valence-electron chi connectivity index (χ4n) is 2.39. The van der Waals surface area contributed by atoms with Crippen LogP contribution in [0.2, 0.25) is 0 Å². The van der Waals surface area contributed by atoms with E-state index in [1.165, 1.54) is 6.42 Å². The smallest absolute Gasteiger partial charge is 0.0275 e. The van der Waals surface area contributed by atoms with Gasteiger partial charge in [0.2, 0.25) is 0 Å². The van der Waals surface area contributed by atoms with Crippen molar-refractivity contribution in [1.82, 2.24) is 0 Å². The lowest BCUT2D eigenvalue weighted by Crippen LogP contribution is -2.33. The summed E-state index contributed by atoms with van der Waals surface area (Å²) in [5, 5.41) is 0. The van der Waals surface area contributed by atoms with Gasteiger partial charge in [0.1, 0.15) is 0 Å². The molecule has 0 spiro atoms. The molecule has 0 bridgehead atoms. The van der Waals surface area contributed by atoms with Gasteiger partial charge in [0.25, 0.3) is 0 Å². The average molecular weight is 154 g/mol. The minimum Gasteiger partial charge on any atom is -0.0620 e. The fourth-order valence-corrected chi connectivity index (χ4v) is 2.39. The summed E-state index contributed by atoms with van der Waals surface area (Å²) in [6.45, 7) is 14.5. The summed E-state index contributed by atoms with van der Waals surface area (Å²) in [5.41, 5.74) is 1.04. The highest BCUT2D eigenvalue weighted by Crippen LogP contribution is 2.58. The first-order chi connectivity index (χ1) is 4.80. The van der Waals surface area contributed by atoms with Crippen molar-refractivity contribution in [1.29, 1.82) is 0 Å². The maximum atomic E-state index is 2.42. The van der Waals surface area contributed by atoms with Crippen LogP contribution < -0.4 is 0 Å². The predicted molar refractivity (Wildman–Crippen MR) is 50.5 cm³/mol. The number of rotatable bonds is 0. The molecule has 1 aliphatic rings. The number of hydrogen-bond donors (Lipinski definition) is 0. The topological polar surface area (TPSA) is 0 Å². The Morgan fingerprint density at radius 1 is 0.818 bits per heavy atom. The van der Waals surface area contributed by atoms with Gasteiger partial charge in [-0.05, 0) is 29.1 Å². The van der Waals surface area contributed by atoms with Crippen molar-refractivity contribution < 1.29 is 0 Å². The molecule has 0 amide bonds. The van der Waals surface area contributed by atoms with E-state index in [9.17, 15) is 0 Å². The Morgan fingerprint density at radius 2 is 1.09 bits per heavy atom. The standard InChI is InChI=1S/C11H22/c1-8-7-9(2)11(5,6)10(8,3)4/h8-9H,7H2,1-6H3/t8-,9+. The molecule has 1 rings (SSSR count). The second kappa shape index (κ2) is 2.24. The van der Waals surface area contributed by atoms with Crippen molar-refractivity contribution in [2.24, 2.45) is 22.7 Å². The fraction of sp³-hybridized carbons (Fsp3) is 1.00. The summed E-state index contributed by atoms with van der Waals surface area (Å²) in [6, 6.07) is 0. The maximum absolute atomic E-state index is 2.42. The molecule has 0 heterocycles. The highest BCUT2D eigenvalue weighted by atomic mass is 14.5. The van der Waals surface area contributed by atoms with E-state index in [0.29, 0.717) is 10.8 Å². The normalized spacial score (nSPS) is 40.9. The van der Waals surface area contributed by atoms with Crippen LogP contribution in [0.1, 0.15) is 48.0 Å². The van der Waals surface area contributed by atoms with Crippen molar-refractivity contribution in [3.05, 3.63) is 0 Å². The third-order valence-corrected chi connectivity index (χ3v) is 4.83. The van der Waals surface area contributed by atoms with E-state index in [4.69, 9.17) is 0 Å². The van der Waals surface area contributed by atoms with Gasteiger partial charge >= 0.3 is 0 Å². The lowest BCUT2D eigenvalue weighted by Gasteiger charge is -2.40. The van der Waals surface area contributed by atoms with E-state index in [1.54, 1.807) is 0 Å². The molecule has 2 atom stereocenters. The van der Waals surface area contributed by atoms with Crippen LogP contribution in [0.3, 0.4) is 0 Å². The Morgan fingerprint density at radius 3 is 1.18 bits per heavy atom. The van der Waals surface area contributed by atoms with Crippen molar-refractivity contribution in [3.8, 4) is 0 Å². The zero-order valence-corrected chi connectivity index (χ0v) is 8.86. The molecule has 1 saturated carbocycles. The molecule has 0 aliphatic heterocycles. The van der Waals surface area contributed by atoms with Gasteiger partial charge in [0, 0.05) is 0 Å². The summed E-state index contributed by atoms with van der Waals surface area (Å²) >= 11 is 0. The van der Waals surface area contributed by atoms with E-state index in [-0.39, 0.29) is 0 Å². The van der Waals surface area contributed by atoms with Crippen molar-refractivity contribution >= 4 is 0 Å². The quantitative estimate of drug-likeness (QED) is 0.499. The van der Waals surface area contributed by atoms with Crippen molar-refractivity contribution in [3.63, 3.8) is 0 Å². The average Bonchev–Trinajstić information content (AvgIpc) is 1.95. The molecular formula is C11H22. The van der Waals surface area contributed by atoms with E-state index < -0.39 is 0 Å². The molecule has 66 valence electrons. The molecular weight excluding hydrogens is 132 g/mol. The molecule has 11 heavy (non-hydrogen) atoms. The monoisotopic (exact) mass is 154 g/mol. The van der Waals surface area contributed by atoms with E-state index >= 15 is 0 Å². The first-order valence-corrected chi connectivity index (χ1v) is 4.80. The first kappa shape index (κ1) is 9.09. The number of hydrogen-bond acceptors (Lipinski definition) is 0. The molecule has 0 saturated heterocycles. The Kier molecular flexibility index (Phi) is 1.85. The molecule has 0 aromatic rings. The first-order valence-electron chi connectivity index (χ1n) is 4.80. The van der Waals surface area contributed by atoms with Gasteiger partial charge in [-0.1, -0.05) is 41.5 Å². The van der Waals surface area contributed by atoms with Crippen molar-refractivity contribution in [2.75, 3.05) is 0 Å². The summed E-state index contributed by atoms with van der Waals surface area (Å²) < 4.78 is 0. The van der Waals surface area contributed by atoms with Gasteiger partial charge in [0.15, 0.2) is 0 Å². The lowest BCUT2D eigenvalue weighted by atomic mass is 9.65. The van der Waals surface area contributed by atoms with Crippen LogP contribution in [0, 0.1) is 22.7 Å². The van der Waals surface area contributed by atoms with Crippen LogP contribution in [0.5, 0.6) is 0 Å². The van der Waals surface area contributed by atoms with Gasteiger partial charge in [-0.15, -0.1) is 0 Å². The molecule has 0 radical (unpaired) electrons. The van der Waals surface area contributed by atoms with Gasteiger partial charge < -0.3 is 0 Å². The molecule has 0 N–H and O–H groups in total. The van der Waals surface area contributed by atoms with E-state index in [0.717, 1.165) is 11.8 Å². The summed E-state index contributed by atoms with van der Waals surface area (Å²) in [6.07, 6.45) is 1.40. The molecule has 0 nitrogen and oxygen atoms in total. The van der Waals surface area contributed by atoms with Gasteiger partial charge in [-0.3, -0.25) is 0 Å². The zero-order valence-electron chi connectivity index (χ0n) is 8.86. The van der Waals surface area contributed by atoms with E-state index in [2.05, 4.69) is 41.5 Å². The van der Waals surface area contributed by atoms with Crippen molar-refractivity contribution in [2.45, 2.75) is 48.0 Å². The van der Waals surface area contributed by atoms with Gasteiger partial charge in [-0.25, -0.2) is 0 Å². The third-order valence-electron chi connectivity index (χ3n) is 4.83. The van der Waals surface area contributed by atoms with Gasteiger partial charge in [-0.2, -0.15) is 0 Å². The van der Waals surface area contributed by atoms with Gasteiger partial charge in [0.05, 0.1) is 0 Å². The van der Waals surface area contributed by atoms with Crippen LogP contribution in [-0.2, 0) is 0 Å². The molecule has 1 fully saturated rings. The van der Waals surface area contributed by atoms with Crippen LogP contribution in [-0.4, -0.2) is 0 Å². The zero-order chi connectivity index (χ0) is 8.86. The maximum Gasteiger partial charge on any atom is -0.0275 e. The summed E-state index contributed by atoms with van der Waals surface area (Å²) in [5.74, 6) is 1.76. The predicted octanol–water partition coefficient (Wildman–Crippen LogP) is 3.71. The summed E-state index contributed by atoms with van der Waals surface area (Å²) in [4.78, 5) is 0. The van der Waals surface area contributed by atoms with Crippen LogP contribution in [0.15, 0.2) is 0 Å². The molecule has 1 aliphatic carbocycles.